The fourth-order valence-electron chi connectivity index (χ4n) is 2.14. The van der Waals surface area contributed by atoms with E-state index in [0.29, 0.717) is 11.5 Å². The third kappa shape index (κ3) is 2.44. The molecule has 1 fully saturated rings. The molecule has 5 nitrogen and oxygen atoms in total. The number of hydrogen-bond acceptors (Lipinski definition) is 4. The van der Waals surface area contributed by atoms with Gasteiger partial charge in [-0.2, -0.15) is 0 Å². The Morgan fingerprint density at radius 1 is 1.45 bits per heavy atom. The Balaban J connectivity index is 1.81. The second kappa shape index (κ2) is 5.09. The van der Waals surface area contributed by atoms with Crippen LogP contribution in [0.5, 0.6) is 0 Å². The van der Waals surface area contributed by atoms with Crippen molar-refractivity contribution in [2.24, 2.45) is 5.92 Å². The lowest BCUT2D eigenvalue weighted by Crippen LogP contribution is -2.35. The molecule has 1 aliphatic carbocycles. The lowest BCUT2D eigenvalue weighted by molar-refractivity contribution is -0.132. The number of aliphatic hydroxyl groups excluding tert-OH is 1. The zero-order valence-electron chi connectivity index (χ0n) is 11.2. The zero-order chi connectivity index (χ0) is 14.1. The van der Waals surface area contributed by atoms with Crippen molar-refractivity contribution in [3.05, 3.63) is 47.9 Å². The van der Waals surface area contributed by atoms with Crippen molar-refractivity contribution < 1.29 is 14.6 Å². The van der Waals surface area contributed by atoms with Crippen LogP contribution in [0.2, 0.25) is 0 Å². The number of rotatable bonds is 3. The van der Waals surface area contributed by atoms with Gasteiger partial charge in [0.15, 0.2) is 0 Å². The summed E-state index contributed by atoms with van der Waals surface area (Å²) >= 11 is 0. The quantitative estimate of drug-likeness (QED) is 0.906. The molecule has 1 aromatic rings. The van der Waals surface area contributed by atoms with Crippen LogP contribution in [0.1, 0.15) is 18.4 Å². The summed E-state index contributed by atoms with van der Waals surface area (Å²) in [6, 6.07) is 3.65. The van der Waals surface area contributed by atoms with Crippen LogP contribution in [0.3, 0.4) is 0 Å². The van der Waals surface area contributed by atoms with Crippen molar-refractivity contribution in [3.63, 3.8) is 0 Å². The van der Waals surface area contributed by atoms with E-state index in [1.54, 1.807) is 37.7 Å². The number of hydrogen-bond donors (Lipinski definition) is 1. The summed E-state index contributed by atoms with van der Waals surface area (Å²) < 4.78 is 5.47. The summed E-state index contributed by atoms with van der Waals surface area (Å²) in [7, 11) is 1.67. The van der Waals surface area contributed by atoms with Crippen LogP contribution in [0.4, 0.5) is 0 Å². The minimum Gasteiger partial charge on any atom is -0.459 e. The average molecular weight is 272 g/mol. The predicted molar refractivity (Wildman–Crippen MR) is 72.9 cm³/mol. The maximum absolute atomic E-state index is 12.0. The van der Waals surface area contributed by atoms with E-state index in [0.717, 1.165) is 18.4 Å². The Labute approximate surface area is 117 Å². The van der Waals surface area contributed by atoms with Gasteiger partial charge in [0.25, 0.3) is 0 Å². The molecule has 3 rings (SSSR count). The number of likely N-dealkylation sites (N-methyl/N-ethyl adjacent to an activating group) is 1. The number of amides is 1. The Kier molecular flexibility index (Phi) is 3.28. The maximum Gasteiger partial charge on any atom is 0.239 e. The fraction of sp³-hybridized carbons (Fsp3) is 0.333. The van der Waals surface area contributed by atoms with Crippen LogP contribution < -0.4 is 0 Å². The summed E-state index contributed by atoms with van der Waals surface area (Å²) in [5.74, 6) is 0.690. The molecule has 1 saturated carbocycles. The highest BCUT2D eigenvalue weighted by molar-refractivity contribution is 5.82. The molecule has 1 atom stereocenters. The van der Waals surface area contributed by atoms with Gasteiger partial charge < -0.3 is 14.7 Å². The van der Waals surface area contributed by atoms with Gasteiger partial charge in [0.05, 0.1) is 5.70 Å². The van der Waals surface area contributed by atoms with Gasteiger partial charge in [0.2, 0.25) is 12.2 Å². The lowest BCUT2D eigenvalue weighted by atomic mass is 10.1. The van der Waals surface area contributed by atoms with E-state index < -0.39 is 6.29 Å². The topological polar surface area (TPSA) is 62.7 Å². The minimum absolute atomic E-state index is 0.0390. The zero-order valence-corrected chi connectivity index (χ0v) is 11.2. The molecule has 0 radical (unpaired) electrons. The van der Waals surface area contributed by atoms with Gasteiger partial charge >= 0.3 is 0 Å². The second-order valence-electron chi connectivity index (χ2n) is 5.01. The lowest BCUT2D eigenvalue weighted by Gasteiger charge is -2.28. The molecule has 1 N–H and O–H groups in total. The largest absolute Gasteiger partial charge is 0.459 e. The van der Waals surface area contributed by atoms with Gasteiger partial charge in [-0.3, -0.25) is 9.78 Å². The molecular formula is C15H16N2O3. The van der Waals surface area contributed by atoms with Crippen LogP contribution in [0, 0.1) is 5.92 Å². The molecule has 5 heteroatoms. The first kappa shape index (κ1) is 12.9. The van der Waals surface area contributed by atoms with Crippen LogP contribution in [0.15, 0.2) is 42.4 Å². The Bertz CT molecular complexity index is 576. The number of allylic oxidation sites excluding steroid dienone is 2. The Hall–Kier alpha value is -2.14. The van der Waals surface area contributed by atoms with Crippen molar-refractivity contribution in [3.8, 4) is 0 Å². The minimum atomic E-state index is -1.14. The molecule has 0 spiro atoms. The fourth-order valence-corrected chi connectivity index (χ4v) is 2.14. The number of ether oxygens (including phenoxy) is 1. The Morgan fingerprint density at radius 2 is 2.25 bits per heavy atom. The SMILES string of the molecule is CN(C(=O)C1CC1)C1=CC=C(c2cccnc2)OC1O. The van der Waals surface area contributed by atoms with Gasteiger partial charge in [-0.1, -0.05) is 0 Å². The Morgan fingerprint density at radius 3 is 2.85 bits per heavy atom. The van der Waals surface area contributed by atoms with Gasteiger partial charge in [-0.25, -0.2) is 0 Å². The normalized spacial score (nSPS) is 21.6. The van der Waals surface area contributed by atoms with Crippen LogP contribution in [-0.4, -0.2) is 34.2 Å². The predicted octanol–water partition coefficient (Wildman–Crippen LogP) is 1.52. The van der Waals surface area contributed by atoms with E-state index in [1.807, 2.05) is 6.07 Å². The van der Waals surface area contributed by atoms with E-state index in [4.69, 9.17) is 4.74 Å². The number of carbonyl (C=O) groups is 1. The van der Waals surface area contributed by atoms with Gasteiger partial charge in [0, 0.05) is 30.9 Å². The average Bonchev–Trinajstić information content (AvgIpc) is 3.31. The third-order valence-corrected chi connectivity index (χ3v) is 3.49. The summed E-state index contributed by atoms with van der Waals surface area (Å²) in [4.78, 5) is 17.5. The summed E-state index contributed by atoms with van der Waals surface area (Å²) in [6.07, 6.45) is 7.53. The van der Waals surface area contributed by atoms with Crippen LogP contribution >= 0.6 is 0 Å². The number of carbonyl (C=O) groups excluding carboxylic acids is 1. The van der Waals surface area contributed by atoms with E-state index in [1.165, 1.54) is 4.90 Å². The standard InChI is InChI=1S/C15H16N2O3/c1-17(14(18)10-4-5-10)12-6-7-13(20-15(12)19)11-3-2-8-16-9-11/h2-3,6-10,15,19H,4-5H2,1H3. The summed E-state index contributed by atoms with van der Waals surface area (Å²) in [5.41, 5.74) is 1.26. The van der Waals surface area contributed by atoms with E-state index in [2.05, 4.69) is 4.98 Å². The second-order valence-corrected chi connectivity index (χ2v) is 5.01. The number of aliphatic hydroxyl groups is 1. The third-order valence-electron chi connectivity index (χ3n) is 3.49. The van der Waals surface area contributed by atoms with Crippen molar-refractivity contribution >= 4 is 11.7 Å². The highest BCUT2D eigenvalue weighted by Gasteiger charge is 2.35. The smallest absolute Gasteiger partial charge is 0.239 e. The molecule has 1 amide bonds. The first-order chi connectivity index (χ1) is 9.66. The highest BCUT2D eigenvalue weighted by Crippen LogP contribution is 2.33. The van der Waals surface area contributed by atoms with Crippen molar-refractivity contribution in [1.29, 1.82) is 0 Å². The molecule has 0 bridgehead atoms. The van der Waals surface area contributed by atoms with Crippen LogP contribution in [0.25, 0.3) is 5.76 Å². The van der Waals surface area contributed by atoms with Crippen LogP contribution in [-0.2, 0) is 9.53 Å². The van der Waals surface area contributed by atoms with Gasteiger partial charge in [-0.05, 0) is 37.1 Å². The number of pyridine rings is 1. The molecule has 1 aliphatic heterocycles. The maximum atomic E-state index is 12.0. The molecule has 2 heterocycles. The molecule has 20 heavy (non-hydrogen) atoms. The van der Waals surface area contributed by atoms with E-state index >= 15 is 0 Å². The number of nitrogens with zero attached hydrogens (tertiary/aromatic N) is 2. The van der Waals surface area contributed by atoms with Crippen molar-refractivity contribution in [2.45, 2.75) is 19.1 Å². The molecule has 1 unspecified atom stereocenters. The summed E-state index contributed by atoms with van der Waals surface area (Å²) in [6.45, 7) is 0. The van der Waals surface area contributed by atoms with Gasteiger partial charge in [0.1, 0.15) is 5.76 Å². The molecule has 2 aliphatic rings. The molecular weight excluding hydrogens is 256 g/mol. The first-order valence-electron chi connectivity index (χ1n) is 6.61. The summed E-state index contributed by atoms with van der Waals surface area (Å²) in [5, 5.41) is 10.1. The highest BCUT2D eigenvalue weighted by atomic mass is 16.6. The van der Waals surface area contributed by atoms with Gasteiger partial charge in [-0.15, -0.1) is 0 Å². The molecule has 104 valence electrons. The molecule has 0 saturated heterocycles. The number of aromatic nitrogens is 1. The van der Waals surface area contributed by atoms with Crippen molar-refractivity contribution in [1.82, 2.24) is 9.88 Å². The molecule has 0 aromatic carbocycles. The first-order valence-corrected chi connectivity index (χ1v) is 6.61. The molecule has 1 aromatic heterocycles. The van der Waals surface area contributed by atoms with E-state index in [-0.39, 0.29) is 11.8 Å². The monoisotopic (exact) mass is 272 g/mol. The van der Waals surface area contributed by atoms with Crippen molar-refractivity contribution in [2.75, 3.05) is 7.05 Å². The van der Waals surface area contributed by atoms with E-state index in [9.17, 15) is 9.90 Å².